The molecule has 0 aromatic heterocycles. The second kappa shape index (κ2) is 2.84. The van der Waals surface area contributed by atoms with Gasteiger partial charge in [-0.3, -0.25) is 9.80 Å². The van der Waals surface area contributed by atoms with Crippen molar-refractivity contribution in [3.05, 3.63) is 0 Å². The number of piperidine rings is 2. The number of aliphatic carboxylic acids is 1. The van der Waals surface area contributed by atoms with Crippen LogP contribution in [0.5, 0.6) is 0 Å². The van der Waals surface area contributed by atoms with Gasteiger partial charge in [-0.2, -0.15) is 0 Å². The van der Waals surface area contributed by atoms with Gasteiger partial charge in [0.15, 0.2) is 5.66 Å². The molecule has 4 fully saturated rings. The van der Waals surface area contributed by atoms with Crippen LogP contribution >= 0.6 is 0 Å². The van der Waals surface area contributed by atoms with Gasteiger partial charge in [0.1, 0.15) is 0 Å². The normalized spacial score (nSPS) is 60.6. The molecule has 4 heterocycles. The molecule has 4 bridgehead atoms. The number of carbonyl (C=O) groups is 1. The third-order valence-electron chi connectivity index (χ3n) is 5.17. The zero-order chi connectivity index (χ0) is 12.6. The Balaban J connectivity index is 2.07. The van der Waals surface area contributed by atoms with Crippen molar-refractivity contribution in [3.63, 3.8) is 0 Å². The Kier molecular flexibility index (Phi) is 1.91. The summed E-state index contributed by atoms with van der Waals surface area (Å²) in [6.45, 7) is 8.59. The summed E-state index contributed by atoms with van der Waals surface area (Å²) in [6.07, 6.45) is -0.333. The van der Waals surface area contributed by atoms with Crippen molar-refractivity contribution < 1.29 is 15.0 Å². The van der Waals surface area contributed by atoms with Crippen molar-refractivity contribution >= 4 is 5.97 Å². The lowest BCUT2D eigenvalue weighted by molar-refractivity contribution is -0.280. The molecule has 4 aliphatic rings. The number of carboxylic acids is 1. The first-order chi connectivity index (χ1) is 7.72. The Morgan fingerprint density at radius 3 is 1.71 bits per heavy atom. The molecule has 0 spiro atoms. The fraction of sp³-hybridized carbons (Fsp3) is 0.917. The van der Waals surface area contributed by atoms with Crippen molar-refractivity contribution in [3.8, 4) is 0 Å². The second-order valence-corrected chi connectivity index (χ2v) is 6.75. The molecule has 5 nitrogen and oxygen atoms in total. The fourth-order valence-corrected chi connectivity index (χ4v) is 4.23. The van der Waals surface area contributed by atoms with E-state index in [1.807, 2.05) is 9.80 Å². The molecule has 0 amide bonds. The monoisotopic (exact) mass is 240 g/mol. The standard InChI is InChI=1S/C12H20N2O3/c1-10-4-13-6-11(2,8(10)15)7-14(5-10)12(13,3)9(16)17/h8,15H,4-7H2,1-3H3,(H,16,17). The van der Waals surface area contributed by atoms with Crippen molar-refractivity contribution in [1.82, 2.24) is 9.80 Å². The van der Waals surface area contributed by atoms with Gasteiger partial charge in [0, 0.05) is 37.0 Å². The molecule has 5 heteroatoms. The fourth-order valence-electron chi connectivity index (χ4n) is 4.23. The molecule has 96 valence electrons. The van der Waals surface area contributed by atoms with E-state index in [0.717, 1.165) is 0 Å². The molecule has 2 N–H and O–H groups in total. The van der Waals surface area contributed by atoms with E-state index >= 15 is 0 Å². The maximum absolute atomic E-state index is 11.6. The molecule has 0 saturated carbocycles. The van der Waals surface area contributed by atoms with Crippen LogP contribution in [0.4, 0.5) is 0 Å². The van der Waals surface area contributed by atoms with Gasteiger partial charge >= 0.3 is 5.97 Å². The predicted molar refractivity (Wildman–Crippen MR) is 61.4 cm³/mol. The summed E-state index contributed by atoms with van der Waals surface area (Å²) in [6, 6.07) is 0. The average molecular weight is 240 g/mol. The SMILES string of the molecule is CC12CN3CC(C)(CN(C1)C3(C)C(=O)O)C2O. The molecule has 0 atom stereocenters. The van der Waals surface area contributed by atoms with E-state index in [4.69, 9.17) is 0 Å². The van der Waals surface area contributed by atoms with Crippen molar-refractivity contribution in [1.29, 1.82) is 0 Å². The van der Waals surface area contributed by atoms with Crippen LogP contribution < -0.4 is 0 Å². The van der Waals surface area contributed by atoms with Crippen molar-refractivity contribution in [2.24, 2.45) is 10.8 Å². The molecular formula is C12H20N2O3. The molecular weight excluding hydrogens is 220 g/mol. The molecule has 4 aliphatic heterocycles. The van der Waals surface area contributed by atoms with Gasteiger partial charge in [-0.05, 0) is 6.92 Å². The molecule has 0 aromatic rings. The number of hydrogen-bond donors (Lipinski definition) is 2. The number of hydrogen-bond acceptors (Lipinski definition) is 4. The highest BCUT2D eigenvalue weighted by Crippen LogP contribution is 2.53. The lowest BCUT2D eigenvalue weighted by atomic mass is 9.59. The van der Waals surface area contributed by atoms with Crippen LogP contribution in [0.15, 0.2) is 0 Å². The molecule has 0 aromatic carbocycles. The summed E-state index contributed by atoms with van der Waals surface area (Å²) in [5.74, 6) is -0.780. The zero-order valence-corrected chi connectivity index (χ0v) is 10.6. The smallest absolute Gasteiger partial charge is 0.339 e. The third kappa shape index (κ3) is 1.12. The maximum atomic E-state index is 11.6. The van der Waals surface area contributed by atoms with E-state index < -0.39 is 11.6 Å². The van der Waals surface area contributed by atoms with Crippen molar-refractivity contribution in [2.45, 2.75) is 32.5 Å². The minimum Gasteiger partial charge on any atom is -0.479 e. The minimum absolute atomic E-state index is 0.194. The molecule has 4 rings (SSSR count). The summed E-state index contributed by atoms with van der Waals surface area (Å²) >= 11 is 0. The highest BCUT2D eigenvalue weighted by Gasteiger charge is 2.67. The Morgan fingerprint density at radius 2 is 1.41 bits per heavy atom. The van der Waals surface area contributed by atoms with Crippen LogP contribution in [0.2, 0.25) is 0 Å². The average Bonchev–Trinajstić information content (AvgIpc) is 2.19. The summed E-state index contributed by atoms with van der Waals surface area (Å²) in [5, 5.41) is 19.9. The van der Waals surface area contributed by atoms with Crippen LogP contribution in [0.1, 0.15) is 20.8 Å². The molecule has 4 saturated heterocycles. The van der Waals surface area contributed by atoms with Gasteiger partial charge in [-0.25, -0.2) is 4.79 Å². The van der Waals surface area contributed by atoms with Crippen LogP contribution in [-0.4, -0.2) is 63.9 Å². The quantitative estimate of drug-likeness (QED) is 0.665. The lowest BCUT2D eigenvalue weighted by Crippen LogP contribution is -2.84. The third-order valence-corrected chi connectivity index (χ3v) is 5.17. The zero-order valence-electron chi connectivity index (χ0n) is 10.6. The van der Waals surface area contributed by atoms with Gasteiger partial charge in [0.05, 0.1) is 6.10 Å². The van der Waals surface area contributed by atoms with Gasteiger partial charge in [-0.1, -0.05) is 13.8 Å². The van der Waals surface area contributed by atoms with E-state index in [2.05, 4.69) is 13.8 Å². The first kappa shape index (κ1) is 11.4. The van der Waals surface area contributed by atoms with E-state index in [0.29, 0.717) is 26.2 Å². The number of nitrogens with zero attached hydrogens (tertiary/aromatic N) is 2. The van der Waals surface area contributed by atoms with Crippen LogP contribution in [0, 0.1) is 10.8 Å². The van der Waals surface area contributed by atoms with Gasteiger partial charge in [0.25, 0.3) is 0 Å². The molecule has 0 unspecified atom stereocenters. The number of aliphatic hydroxyl groups excluding tert-OH is 1. The van der Waals surface area contributed by atoms with E-state index in [1.165, 1.54) is 0 Å². The molecule has 17 heavy (non-hydrogen) atoms. The first-order valence-corrected chi connectivity index (χ1v) is 6.14. The predicted octanol–water partition coefficient (Wildman–Crippen LogP) is -0.194. The van der Waals surface area contributed by atoms with E-state index in [1.54, 1.807) is 6.92 Å². The van der Waals surface area contributed by atoms with Gasteiger partial charge in [0.2, 0.25) is 0 Å². The van der Waals surface area contributed by atoms with E-state index in [-0.39, 0.29) is 16.9 Å². The highest BCUT2D eigenvalue weighted by atomic mass is 16.4. The molecule has 0 radical (unpaired) electrons. The molecule has 0 aliphatic carbocycles. The number of aliphatic hydroxyl groups is 1. The Bertz CT molecular complexity index is 357. The summed E-state index contributed by atoms with van der Waals surface area (Å²) in [5.41, 5.74) is -1.28. The number of carboxylic acid groups (broad SMARTS) is 1. The highest BCUT2D eigenvalue weighted by molar-refractivity contribution is 5.78. The van der Waals surface area contributed by atoms with Gasteiger partial charge in [-0.15, -0.1) is 0 Å². The summed E-state index contributed by atoms with van der Waals surface area (Å²) in [7, 11) is 0. The second-order valence-electron chi connectivity index (χ2n) is 6.75. The van der Waals surface area contributed by atoms with Crippen molar-refractivity contribution in [2.75, 3.05) is 26.2 Å². The Hall–Kier alpha value is -0.650. The van der Waals surface area contributed by atoms with Crippen LogP contribution in [0.3, 0.4) is 0 Å². The van der Waals surface area contributed by atoms with Crippen LogP contribution in [-0.2, 0) is 4.79 Å². The van der Waals surface area contributed by atoms with Gasteiger partial charge < -0.3 is 10.2 Å². The minimum atomic E-state index is -0.890. The first-order valence-electron chi connectivity index (χ1n) is 6.14. The number of rotatable bonds is 1. The summed E-state index contributed by atoms with van der Waals surface area (Å²) in [4.78, 5) is 15.6. The largest absolute Gasteiger partial charge is 0.479 e. The van der Waals surface area contributed by atoms with E-state index in [9.17, 15) is 15.0 Å². The summed E-state index contributed by atoms with van der Waals surface area (Å²) < 4.78 is 0. The van der Waals surface area contributed by atoms with Crippen LogP contribution in [0.25, 0.3) is 0 Å². The topological polar surface area (TPSA) is 64.0 Å². The Morgan fingerprint density at radius 1 is 1.06 bits per heavy atom. The lowest BCUT2D eigenvalue weighted by Gasteiger charge is -2.70. The Labute approximate surface area is 101 Å². The maximum Gasteiger partial charge on any atom is 0.339 e.